The predicted molar refractivity (Wildman–Crippen MR) is 84.4 cm³/mol. The number of nitrogens with two attached hydrogens (primary N) is 1. The van der Waals surface area contributed by atoms with Crippen LogP contribution in [0.2, 0.25) is 0 Å². The number of rotatable bonds is 2. The van der Waals surface area contributed by atoms with E-state index in [0.29, 0.717) is 21.5 Å². The number of nitrogen functional groups attached to an aromatic ring is 1. The molecule has 2 heterocycles. The molecule has 2 aromatic heterocycles. The van der Waals surface area contributed by atoms with E-state index in [1.165, 1.54) is 23.1 Å². The second kappa shape index (κ2) is 5.20. The molecule has 3 N–H and O–H groups in total. The largest absolute Gasteiger partial charge is 0.375 e. The van der Waals surface area contributed by atoms with E-state index in [-0.39, 0.29) is 5.56 Å². The summed E-state index contributed by atoms with van der Waals surface area (Å²) in [4.78, 5) is 23.0. The van der Waals surface area contributed by atoms with Crippen molar-refractivity contribution in [1.82, 2.24) is 15.0 Å². The molecule has 8 heteroatoms. The summed E-state index contributed by atoms with van der Waals surface area (Å²) in [6.07, 6.45) is 1.81. The lowest BCUT2D eigenvalue weighted by Crippen LogP contribution is -2.14. The fourth-order valence-electron chi connectivity index (χ4n) is 1.95. The Balaban J connectivity index is 2.28. The Morgan fingerprint density at radius 1 is 1.43 bits per heavy atom. The molecule has 0 fully saturated rings. The highest BCUT2D eigenvalue weighted by Crippen LogP contribution is 2.29. The van der Waals surface area contributed by atoms with Crippen LogP contribution in [0.5, 0.6) is 0 Å². The van der Waals surface area contributed by atoms with E-state index >= 15 is 0 Å². The quantitative estimate of drug-likeness (QED) is 0.554. The van der Waals surface area contributed by atoms with Crippen LogP contribution in [-0.4, -0.2) is 21.2 Å². The minimum absolute atomic E-state index is 0.00429. The van der Waals surface area contributed by atoms with Gasteiger partial charge in [-0.3, -0.25) is 4.79 Å². The first-order valence-electron chi connectivity index (χ1n) is 5.87. The average molecular weight is 315 g/mol. The van der Waals surface area contributed by atoms with Crippen molar-refractivity contribution in [3.05, 3.63) is 34.1 Å². The number of hydrogen-bond acceptors (Lipinski definition) is 7. The van der Waals surface area contributed by atoms with Crippen molar-refractivity contribution in [3.63, 3.8) is 0 Å². The molecule has 0 amide bonds. The Morgan fingerprint density at radius 3 is 2.95 bits per heavy atom. The maximum absolute atomic E-state index is 11.9. The van der Waals surface area contributed by atoms with Crippen molar-refractivity contribution >= 4 is 38.4 Å². The van der Waals surface area contributed by atoms with Gasteiger partial charge in [-0.1, -0.05) is 29.2 Å². The lowest BCUT2D eigenvalue weighted by Gasteiger charge is -2.05. The normalized spacial score (nSPS) is 10.7. The highest BCUT2D eigenvalue weighted by atomic mass is 32.2. The number of benzene rings is 1. The summed E-state index contributed by atoms with van der Waals surface area (Å²) in [6.45, 7) is 0. The van der Waals surface area contributed by atoms with Gasteiger partial charge in [-0.15, -0.1) is 0 Å². The molecular formula is C13H9N5OS2. The van der Waals surface area contributed by atoms with Gasteiger partial charge in [0.15, 0.2) is 10.3 Å². The number of aromatic nitrogens is 3. The number of aromatic amines is 1. The molecule has 0 saturated carbocycles. The molecule has 6 nitrogen and oxygen atoms in total. The lowest BCUT2D eigenvalue weighted by atomic mass is 10.1. The fourth-order valence-corrected chi connectivity index (χ4v) is 3.10. The van der Waals surface area contributed by atoms with E-state index in [1.807, 2.05) is 12.1 Å². The van der Waals surface area contributed by atoms with Crippen LogP contribution in [0, 0.1) is 11.3 Å². The number of nitriles is 1. The van der Waals surface area contributed by atoms with Crippen LogP contribution < -0.4 is 11.3 Å². The number of nitrogens with zero attached hydrogens (tertiary/aromatic N) is 3. The van der Waals surface area contributed by atoms with E-state index in [0.717, 1.165) is 10.2 Å². The minimum Gasteiger partial charge on any atom is -0.375 e. The first-order chi connectivity index (χ1) is 10.1. The van der Waals surface area contributed by atoms with Crippen LogP contribution >= 0.6 is 23.1 Å². The first-order valence-corrected chi connectivity index (χ1v) is 7.91. The highest BCUT2D eigenvalue weighted by molar-refractivity contribution is 7.98. The topological polar surface area (TPSA) is 108 Å². The molecule has 0 bridgehead atoms. The first kappa shape index (κ1) is 13.6. The van der Waals surface area contributed by atoms with Gasteiger partial charge in [-0.25, -0.2) is 9.97 Å². The standard InChI is InChI=1S/C13H9N5OS2/c1-20-13-17-10(7(5-14)11(19)18-13)6-2-3-8-9(4-6)21-12(15)16-8/h2-4H,1H3,(H2,15,16)(H,17,18,19). The smallest absolute Gasteiger partial charge is 0.270 e. The zero-order valence-corrected chi connectivity index (χ0v) is 12.5. The molecule has 0 radical (unpaired) electrons. The second-order valence-corrected chi connectivity index (χ2v) is 6.00. The molecule has 21 heavy (non-hydrogen) atoms. The number of hydrogen-bond donors (Lipinski definition) is 2. The predicted octanol–water partition coefficient (Wildman–Crippen LogP) is 2.22. The Hall–Kier alpha value is -2.37. The van der Waals surface area contributed by atoms with Crippen molar-refractivity contribution in [2.45, 2.75) is 5.16 Å². The van der Waals surface area contributed by atoms with Crippen molar-refractivity contribution < 1.29 is 0 Å². The van der Waals surface area contributed by atoms with Crippen LogP contribution in [0.25, 0.3) is 21.5 Å². The summed E-state index contributed by atoms with van der Waals surface area (Å²) < 4.78 is 0.890. The Labute approximate surface area is 127 Å². The van der Waals surface area contributed by atoms with Crippen LogP contribution in [0.4, 0.5) is 5.13 Å². The Bertz CT molecular complexity index is 938. The molecule has 0 unspecified atom stereocenters. The number of fused-ring (bicyclic) bond motifs is 1. The number of nitrogens with one attached hydrogen (secondary N) is 1. The van der Waals surface area contributed by atoms with Crippen molar-refractivity contribution in [2.24, 2.45) is 0 Å². The zero-order chi connectivity index (χ0) is 15.0. The molecule has 1 aromatic carbocycles. The third-order valence-corrected chi connectivity index (χ3v) is 4.31. The summed E-state index contributed by atoms with van der Waals surface area (Å²) in [5, 5.41) is 10.1. The van der Waals surface area contributed by atoms with Gasteiger partial charge in [0, 0.05) is 5.56 Å². The van der Waals surface area contributed by atoms with Gasteiger partial charge in [-0.2, -0.15) is 5.26 Å². The van der Waals surface area contributed by atoms with Crippen LogP contribution in [-0.2, 0) is 0 Å². The fraction of sp³-hybridized carbons (Fsp3) is 0.0769. The summed E-state index contributed by atoms with van der Waals surface area (Å²) in [5.41, 5.74) is 7.12. The van der Waals surface area contributed by atoms with Gasteiger partial charge in [0.25, 0.3) is 5.56 Å². The van der Waals surface area contributed by atoms with Crippen LogP contribution in [0.3, 0.4) is 0 Å². The van der Waals surface area contributed by atoms with Gasteiger partial charge in [0.2, 0.25) is 0 Å². The van der Waals surface area contributed by atoms with E-state index in [1.54, 1.807) is 18.4 Å². The highest BCUT2D eigenvalue weighted by Gasteiger charge is 2.14. The van der Waals surface area contributed by atoms with Crippen molar-refractivity contribution in [2.75, 3.05) is 12.0 Å². The average Bonchev–Trinajstić information content (AvgIpc) is 2.85. The maximum atomic E-state index is 11.9. The molecule has 3 rings (SSSR count). The third-order valence-electron chi connectivity index (χ3n) is 2.88. The maximum Gasteiger partial charge on any atom is 0.270 e. The summed E-state index contributed by atoms with van der Waals surface area (Å²) in [5.74, 6) is 0. The Kier molecular flexibility index (Phi) is 3.37. The van der Waals surface area contributed by atoms with Crippen molar-refractivity contribution in [1.29, 1.82) is 5.26 Å². The van der Waals surface area contributed by atoms with Gasteiger partial charge in [-0.05, 0) is 18.4 Å². The monoisotopic (exact) mass is 315 g/mol. The van der Waals surface area contributed by atoms with E-state index in [9.17, 15) is 10.1 Å². The SMILES string of the molecule is CSc1nc(-c2ccc3nc(N)sc3c2)c(C#N)c(=O)[nH]1. The van der Waals surface area contributed by atoms with Crippen LogP contribution in [0.1, 0.15) is 5.56 Å². The number of thioether (sulfide) groups is 1. The summed E-state index contributed by atoms with van der Waals surface area (Å²) in [7, 11) is 0. The second-order valence-electron chi connectivity index (χ2n) is 4.15. The molecule has 3 aromatic rings. The lowest BCUT2D eigenvalue weighted by molar-refractivity contribution is 0.938. The minimum atomic E-state index is -0.434. The number of H-pyrrole nitrogens is 1. The zero-order valence-electron chi connectivity index (χ0n) is 10.9. The van der Waals surface area contributed by atoms with Gasteiger partial charge in [0.1, 0.15) is 11.6 Å². The van der Waals surface area contributed by atoms with E-state index < -0.39 is 5.56 Å². The molecular weight excluding hydrogens is 306 g/mol. The van der Waals surface area contributed by atoms with Crippen LogP contribution in [0.15, 0.2) is 28.2 Å². The molecule has 0 saturated heterocycles. The molecule has 0 aliphatic heterocycles. The summed E-state index contributed by atoms with van der Waals surface area (Å²) in [6, 6.07) is 7.35. The number of anilines is 1. The third kappa shape index (κ3) is 2.37. The van der Waals surface area contributed by atoms with E-state index in [4.69, 9.17) is 5.73 Å². The Morgan fingerprint density at radius 2 is 2.24 bits per heavy atom. The molecule has 104 valence electrons. The van der Waals surface area contributed by atoms with Gasteiger partial charge < -0.3 is 10.7 Å². The summed E-state index contributed by atoms with van der Waals surface area (Å²) >= 11 is 2.67. The molecule has 0 spiro atoms. The van der Waals surface area contributed by atoms with Gasteiger partial charge >= 0.3 is 0 Å². The molecule has 0 atom stereocenters. The van der Waals surface area contributed by atoms with E-state index in [2.05, 4.69) is 15.0 Å². The van der Waals surface area contributed by atoms with Crippen molar-refractivity contribution in [3.8, 4) is 17.3 Å². The number of thiazole rings is 1. The molecule has 0 aliphatic rings. The molecule has 0 aliphatic carbocycles. The van der Waals surface area contributed by atoms with Gasteiger partial charge in [0.05, 0.1) is 15.9 Å².